The van der Waals surface area contributed by atoms with Crippen LogP contribution in [0, 0.1) is 0 Å². The number of benzene rings is 1. The van der Waals surface area contributed by atoms with Crippen molar-refractivity contribution in [2.45, 2.75) is 38.8 Å². The largest absolute Gasteiger partial charge is 0.468 e. The predicted octanol–water partition coefficient (Wildman–Crippen LogP) is 2.00. The summed E-state index contributed by atoms with van der Waals surface area (Å²) in [4.78, 5) is 11.5. The van der Waals surface area contributed by atoms with Crippen molar-refractivity contribution in [2.24, 2.45) is 0 Å². The maximum atomic E-state index is 11.5. The molecule has 0 aromatic heterocycles. The summed E-state index contributed by atoms with van der Waals surface area (Å²) in [6.07, 6.45) is 0.723. The van der Waals surface area contributed by atoms with Gasteiger partial charge in [0.1, 0.15) is 6.04 Å². The molecule has 1 aliphatic rings. The molecule has 17 heavy (non-hydrogen) atoms. The van der Waals surface area contributed by atoms with Crippen molar-refractivity contribution < 1.29 is 9.53 Å². The van der Waals surface area contributed by atoms with Crippen LogP contribution in [0.3, 0.4) is 0 Å². The summed E-state index contributed by atoms with van der Waals surface area (Å²) < 4.78 is 4.77. The van der Waals surface area contributed by atoms with E-state index in [-0.39, 0.29) is 12.0 Å². The van der Waals surface area contributed by atoms with Gasteiger partial charge >= 0.3 is 5.97 Å². The third-order valence-corrected chi connectivity index (χ3v) is 3.35. The number of hydrogen-bond acceptors (Lipinski definition) is 3. The smallest absolute Gasteiger partial charge is 0.323 e. The minimum atomic E-state index is -0.197. The van der Waals surface area contributed by atoms with E-state index in [1.54, 1.807) is 0 Å². The molecule has 0 aliphatic carbocycles. The van der Waals surface area contributed by atoms with Crippen molar-refractivity contribution in [3.63, 3.8) is 0 Å². The van der Waals surface area contributed by atoms with Gasteiger partial charge in [0.15, 0.2) is 0 Å². The molecule has 1 aromatic carbocycles. The molecule has 0 saturated carbocycles. The molecule has 0 amide bonds. The van der Waals surface area contributed by atoms with E-state index in [1.807, 2.05) is 0 Å². The maximum absolute atomic E-state index is 11.5. The van der Waals surface area contributed by atoms with E-state index in [1.165, 1.54) is 23.8 Å². The number of esters is 1. The third-order valence-electron chi connectivity index (χ3n) is 3.35. The molecule has 3 nitrogen and oxygen atoms in total. The Morgan fingerprint density at radius 2 is 2.18 bits per heavy atom. The van der Waals surface area contributed by atoms with Crippen molar-refractivity contribution >= 4 is 5.97 Å². The lowest BCUT2D eigenvalue weighted by Crippen LogP contribution is -2.42. The van der Waals surface area contributed by atoms with Crippen molar-refractivity contribution in [3.8, 4) is 0 Å². The lowest BCUT2D eigenvalue weighted by molar-refractivity contribution is -0.143. The van der Waals surface area contributed by atoms with E-state index >= 15 is 0 Å². The number of rotatable bonds is 2. The fourth-order valence-corrected chi connectivity index (χ4v) is 2.20. The van der Waals surface area contributed by atoms with Crippen LogP contribution in [0.25, 0.3) is 0 Å². The lowest BCUT2D eigenvalue weighted by Gasteiger charge is -2.25. The number of nitrogens with one attached hydrogen (secondary N) is 1. The highest BCUT2D eigenvalue weighted by Gasteiger charge is 2.24. The molecule has 0 radical (unpaired) electrons. The third kappa shape index (κ3) is 2.50. The van der Waals surface area contributed by atoms with Gasteiger partial charge in [-0.3, -0.25) is 4.79 Å². The molecule has 92 valence electrons. The first-order valence-corrected chi connectivity index (χ1v) is 6.04. The molecule has 0 saturated heterocycles. The second-order valence-electron chi connectivity index (χ2n) is 4.84. The lowest BCUT2D eigenvalue weighted by atomic mass is 9.91. The predicted molar refractivity (Wildman–Crippen MR) is 66.9 cm³/mol. The van der Waals surface area contributed by atoms with E-state index < -0.39 is 0 Å². The average Bonchev–Trinajstić information content (AvgIpc) is 2.36. The summed E-state index contributed by atoms with van der Waals surface area (Å²) in [6, 6.07) is 6.34. The summed E-state index contributed by atoms with van der Waals surface area (Å²) in [5, 5.41) is 3.22. The molecule has 0 bridgehead atoms. The molecular weight excluding hydrogens is 214 g/mol. The molecule has 1 unspecified atom stereocenters. The summed E-state index contributed by atoms with van der Waals surface area (Å²) in [7, 11) is 1.43. The first-order valence-electron chi connectivity index (χ1n) is 6.04. The van der Waals surface area contributed by atoms with Crippen LogP contribution in [-0.4, -0.2) is 19.1 Å². The second kappa shape index (κ2) is 4.88. The molecule has 3 heteroatoms. The highest BCUT2D eigenvalue weighted by Crippen LogP contribution is 2.22. The Bertz CT molecular complexity index is 426. The van der Waals surface area contributed by atoms with E-state index in [2.05, 4.69) is 37.4 Å². The summed E-state index contributed by atoms with van der Waals surface area (Å²) in [5.41, 5.74) is 3.90. The normalized spacial score (nSPS) is 18.9. The Labute approximate surface area is 102 Å². The molecule has 0 fully saturated rings. The highest BCUT2D eigenvalue weighted by atomic mass is 16.5. The Hall–Kier alpha value is -1.35. The number of carbonyl (C=O) groups is 1. The molecule has 1 aromatic rings. The zero-order valence-electron chi connectivity index (χ0n) is 10.6. The highest BCUT2D eigenvalue weighted by molar-refractivity contribution is 5.76. The first kappa shape index (κ1) is 12.1. The Balaban J connectivity index is 2.20. The Morgan fingerprint density at radius 3 is 2.82 bits per heavy atom. The zero-order valence-corrected chi connectivity index (χ0v) is 10.6. The van der Waals surface area contributed by atoms with Gasteiger partial charge in [0.25, 0.3) is 0 Å². The number of methoxy groups -OCH3 is 1. The quantitative estimate of drug-likeness (QED) is 0.794. The number of fused-ring (bicyclic) bond motifs is 1. The second-order valence-corrected chi connectivity index (χ2v) is 4.84. The average molecular weight is 233 g/mol. The SMILES string of the molecule is COC(=O)C1Cc2ccc(C(C)C)cc2CN1. The van der Waals surface area contributed by atoms with Gasteiger partial charge in [-0.25, -0.2) is 0 Å². The van der Waals surface area contributed by atoms with Crippen LogP contribution in [0.5, 0.6) is 0 Å². The van der Waals surface area contributed by atoms with Gasteiger partial charge < -0.3 is 10.1 Å². The zero-order chi connectivity index (χ0) is 12.4. The standard InChI is InChI=1S/C14H19NO2/c1-9(2)10-4-5-11-7-13(14(16)17-3)15-8-12(11)6-10/h4-6,9,13,15H,7-8H2,1-3H3. The molecule has 1 aliphatic heterocycles. The Kier molecular flexibility index (Phi) is 3.48. The van der Waals surface area contributed by atoms with E-state index in [0.717, 1.165) is 13.0 Å². The van der Waals surface area contributed by atoms with Crippen LogP contribution in [-0.2, 0) is 22.5 Å². The molecular formula is C14H19NO2. The summed E-state index contributed by atoms with van der Waals surface area (Å²) in [6.45, 7) is 5.13. The number of carbonyl (C=O) groups excluding carboxylic acids is 1. The number of hydrogen-bond donors (Lipinski definition) is 1. The van der Waals surface area contributed by atoms with Gasteiger partial charge in [0.05, 0.1) is 7.11 Å². The molecule has 0 spiro atoms. The van der Waals surface area contributed by atoms with Crippen LogP contribution in [0.15, 0.2) is 18.2 Å². The van der Waals surface area contributed by atoms with Crippen LogP contribution < -0.4 is 5.32 Å². The van der Waals surface area contributed by atoms with Crippen LogP contribution >= 0.6 is 0 Å². The van der Waals surface area contributed by atoms with Crippen molar-refractivity contribution in [2.75, 3.05) is 7.11 Å². The van der Waals surface area contributed by atoms with E-state index in [0.29, 0.717) is 5.92 Å². The van der Waals surface area contributed by atoms with Crippen LogP contribution in [0.2, 0.25) is 0 Å². The Morgan fingerprint density at radius 1 is 1.41 bits per heavy atom. The minimum absolute atomic E-state index is 0.177. The monoisotopic (exact) mass is 233 g/mol. The maximum Gasteiger partial charge on any atom is 0.323 e. The summed E-state index contributed by atoms with van der Waals surface area (Å²) >= 11 is 0. The molecule has 1 heterocycles. The number of ether oxygens (including phenoxy) is 1. The van der Waals surface area contributed by atoms with Crippen molar-refractivity contribution in [1.29, 1.82) is 0 Å². The van der Waals surface area contributed by atoms with Gasteiger partial charge in [-0.15, -0.1) is 0 Å². The minimum Gasteiger partial charge on any atom is -0.468 e. The first-order chi connectivity index (χ1) is 8.11. The van der Waals surface area contributed by atoms with Gasteiger partial charge in [0.2, 0.25) is 0 Å². The molecule has 2 rings (SSSR count). The van der Waals surface area contributed by atoms with E-state index in [4.69, 9.17) is 4.74 Å². The fraction of sp³-hybridized carbons (Fsp3) is 0.500. The van der Waals surface area contributed by atoms with Crippen molar-refractivity contribution in [1.82, 2.24) is 5.32 Å². The topological polar surface area (TPSA) is 38.3 Å². The van der Waals surface area contributed by atoms with Crippen LogP contribution in [0.4, 0.5) is 0 Å². The van der Waals surface area contributed by atoms with Gasteiger partial charge in [-0.2, -0.15) is 0 Å². The van der Waals surface area contributed by atoms with Gasteiger partial charge in [0, 0.05) is 6.54 Å². The summed E-state index contributed by atoms with van der Waals surface area (Å²) in [5.74, 6) is 0.363. The fourth-order valence-electron chi connectivity index (χ4n) is 2.20. The van der Waals surface area contributed by atoms with Gasteiger partial charge in [-0.1, -0.05) is 32.0 Å². The van der Waals surface area contributed by atoms with Crippen molar-refractivity contribution in [3.05, 3.63) is 34.9 Å². The molecule has 1 atom stereocenters. The van der Waals surface area contributed by atoms with Crippen LogP contribution in [0.1, 0.15) is 36.5 Å². The van der Waals surface area contributed by atoms with Gasteiger partial charge in [-0.05, 0) is 29.0 Å². The van der Waals surface area contributed by atoms with E-state index in [9.17, 15) is 4.79 Å². The molecule has 1 N–H and O–H groups in total.